The second kappa shape index (κ2) is 5.54. The van der Waals surface area contributed by atoms with Gasteiger partial charge in [-0.25, -0.2) is 4.98 Å². The molecule has 1 amide bonds. The van der Waals surface area contributed by atoms with Crippen molar-refractivity contribution in [3.8, 4) is 0 Å². The summed E-state index contributed by atoms with van der Waals surface area (Å²) in [6.07, 6.45) is 7.96. The molecule has 0 radical (unpaired) electrons. The minimum atomic E-state index is -0.539. The molecule has 0 aromatic carbocycles. The highest BCUT2D eigenvalue weighted by Gasteiger charge is 2.50. The van der Waals surface area contributed by atoms with Crippen LogP contribution < -0.4 is 0 Å². The molecule has 2 saturated heterocycles. The van der Waals surface area contributed by atoms with Crippen molar-refractivity contribution in [3.63, 3.8) is 0 Å². The van der Waals surface area contributed by atoms with Gasteiger partial charge in [0.1, 0.15) is 11.7 Å². The van der Waals surface area contributed by atoms with Gasteiger partial charge in [-0.2, -0.15) is 0 Å². The summed E-state index contributed by atoms with van der Waals surface area (Å²) in [4.78, 5) is 17.9. The lowest BCUT2D eigenvalue weighted by molar-refractivity contribution is -0.131. The zero-order chi connectivity index (χ0) is 14.0. The molecule has 0 bridgehead atoms. The predicted molar refractivity (Wildman–Crippen MR) is 72.0 cm³/mol. The van der Waals surface area contributed by atoms with E-state index in [2.05, 4.69) is 4.98 Å². The fraction of sp³-hybridized carbons (Fsp3) is 0.714. The largest absolute Gasteiger partial charge is 0.388 e. The molecule has 1 aromatic rings. The van der Waals surface area contributed by atoms with Gasteiger partial charge < -0.3 is 19.3 Å². The van der Waals surface area contributed by atoms with Crippen molar-refractivity contribution in [1.29, 1.82) is 0 Å². The van der Waals surface area contributed by atoms with E-state index >= 15 is 0 Å². The second-order valence-electron chi connectivity index (χ2n) is 5.71. The van der Waals surface area contributed by atoms with Crippen LogP contribution in [0.3, 0.4) is 0 Å². The molecule has 0 unspecified atom stereocenters. The minimum absolute atomic E-state index is 0.108. The smallest absolute Gasteiger partial charge is 0.222 e. The van der Waals surface area contributed by atoms with Gasteiger partial charge >= 0.3 is 0 Å². The Bertz CT molecular complexity index is 454. The molecule has 1 N–H and O–H groups in total. The molecule has 1 spiro atoms. The standard InChI is InChI=1S/C14H21N3O3/c18-12-9-17(10-14(12)4-2-8-20-14)13(19)3-1-6-16-7-5-15-11-16/h5,7,11-12,18H,1-4,6,8-10H2/t12-,14-/m0/s1. The molecule has 2 aliphatic rings. The van der Waals surface area contributed by atoms with Crippen molar-refractivity contribution in [2.45, 2.75) is 43.9 Å². The van der Waals surface area contributed by atoms with Gasteiger partial charge in [0.05, 0.1) is 12.9 Å². The minimum Gasteiger partial charge on any atom is -0.388 e. The van der Waals surface area contributed by atoms with E-state index in [1.54, 1.807) is 17.4 Å². The monoisotopic (exact) mass is 279 g/mol. The molecule has 20 heavy (non-hydrogen) atoms. The Hall–Kier alpha value is -1.40. The Balaban J connectivity index is 1.48. The molecule has 3 rings (SSSR count). The van der Waals surface area contributed by atoms with Crippen molar-refractivity contribution in [1.82, 2.24) is 14.5 Å². The lowest BCUT2D eigenvalue weighted by Gasteiger charge is -2.25. The SMILES string of the molecule is O=C(CCCn1ccnc1)N1C[C@H](O)[C@]2(CCCO2)C1. The Labute approximate surface area is 118 Å². The second-order valence-corrected chi connectivity index (χ2v) is 5.71. The summed E-state index contributed by atoms with van der Waals surface area (Å²) in [5.41, 5.74) is -0.486. The summed E-state index contributed by atoms with van der Waals surface area (Å²) in [7, 11) is 0. The number of nitrogens with zero attached hydrogens (tertiary/aromatic N) is 3. The van der Waals surface area contributed by atoms with E-state index in [0.29, 0.717) is 26.1 Å². The third-order valence-electron chi connectivity index (χ3n) is 4.31. The van der Waals surface area contributed by atoms with Gasteiger partial charge in [-0.1, -0.05) is 0 Å². The lowest BCUT2D eigenvalue weighted by Crippen LogP contribution is -2.41. The Kier molecular flexibility index (Phi) is 3.76. The van der Waals surface area contributed by atoms with Crippen LogP contribution in [0.15, 0.2) is 18.7 Å². The first kappa shape index (κ1) is 13.6. The first-order chi connectivity index (χ1) is 9.70. The third-order valence-corrected chi connectivity index (χ3v) is 4.31. The molecule has 2 fully saturated rings. The number of hydrogen-bond donors (Lipinski definition) is 1. The summed E-state index contributed by atoms with van der Waals surface area (Å²) >= 11 is 0. The van der Waals surface area contributed by atoms with Crippen molar-refractivity contribution in [3.05, 3.63) is 18.7 Å². The van der Waals surface area contributed by atoms with Crippen LogP contribution in [0.2, 0.25) is 0 Å². The van der Waals surface area contributed by atoms with Crippen molar-refractivity contribution < 1.29 is 14.6 Å². The highest BCUT2D eigenvalue weighted by atomic mass is 16.5. The maximum absolute atomic E-state index is 12.2. The number of aliphatic hydroxyl groups is 1. The zero-order valence-electron chi connectivity index (χ0n) is 11.6. The van der Waals surface area contributed by atoms with E-state index in [4.69, 9.17) is 4.74 Å². The third kappa shape index (κ3) is 2.58. The lowest BCUT2D eigenvalue weighted by atomic mass is 9.97. The average Bonchev–Trinajstić information content (AvgIpc) is 3.14. The summed E-state index contributed by atoms with van der Waals surface area (Å²) in [6.45, 7) is 2.44. The topological polar surface area (TPSA) is 67.6 Å². The number of carbonyl (C=O) groups excluding carboxylic acids is 1. The number of likely N-dealkylation sites (tertiary alicyclic amines) is 1. The number of aliphatic hydroxyl groups excluding tert-OH is 1. The van der Waals surface area contributed by atoms with Crippen molar-refractivity contribution in [2.75, 3.05) is 19.7 Å². The number of imidazole rings is 1. The summed E-state index contributed by atoms with van der Waals surface area (Å²) in [5.74, 6) is 0.108. The molecule has 1 aromatic heterocycles. The molecular weight excluding hydrogens is 258 g/mol. The van der Waals surface area contributed by atoms with E-state index in [1.165, 1.54) is 0 Å². The highest BCUT2D eigenvalue weighted by molar-refractivity contribution is 5.76. The van der Waals surface area contributed by atoms with Crippen molar-refractivity contribution >= 4 is 5.91 Å². The van der Waals surface area contributed by atoms with E-state index < -0.39 is 11.7 Å². The summed E-state index contributed by atoms with van der Waals surface area (Å²) in [5, 5.41) is 10.1. The quantitative estimate of drug-likeness (QED) is 0.867. The highest BCUT2D eigenvalue weighted by Crippen LogP contribution is 2.35. The Morgan fingerprint density at radius 1 is 1.55 bits per heavy atom. The van der Waals surface area contributed by atoms with Crippen LogP contribution in [0.25, 0.3) is 0 Å². The first-order valence-corrected chi connectivity index (χ1v) is 7.25. The molecular formula is C14H21N3O3. The van der Waals surface area contributed by atoms with Gasteiger partial charge in [-0.05, 0) is 19.3 Å². The zero-order valence-corrected chi connectivity index (χ0v) is 11.6. The van der Waals surface area contributed by atoms with Gasteiger partial charge in [0.2, 0.25) is 5.91 Å². The number of amides is 1. The molecule has 2 atom stereocenters. The van der Waals surface area contributed by atoms with Crippen LogP contribution in [0.4, 0.5) is 0 Å². The van der Waals surface area contributed by atoms with Gasteiger partial charge in [0.25, 0.3) is 0 Å². The van der Waals surface area contributed by atoms with Gasteiger partial charge in [-0.3, -0.25) is 4.79 Å². The maximum Gasteiger partial charge on any atom is 0.222 e. The van der Waals surface area contributed by atoms with Crippen LogP contribution in [-0.2, 0) is 16.1 Å². The van der Waals surface area contributed by atoms with E-state index in [0.717, 1.165) is 25.8 Å². The number of rotatable bonds is 4. The number of aryl methyl sites for hydroxylation is 1. The number of ether oxygens (including phenoxy) is 1. The van der Waals surface area contributed by atoms with E-state index in [-0.39, 0.29) is 5.91 Å². The molecule has 3 heterocycles. The molecule has 6 nitrogen and oxygen atoms in total. The van der Waals surface area contributed by atoms with E-state index in [1.807, 2.05) is 10.8 Å². The Morgan fingerprint density at radius 2 is 2.45 bits per heavy atom. The summed E-state index contributed by atoms with van der Waals surface area (Å²) < 4.78 is 7.67. The van der Waals surface area contributed by atoms with Crippen LogP contribution >= 0.6 is 0 Å². The normalized spacial score (nSPS) is 29.4. The van der Waals surface area contributed by atoms with Gasteiger partial charge in [0, 0.05) is 38.5 Å². The number of carbonyl (C=O) groups is 1. The molecule has 0 saturated carbocycles. The maximum atomic E-state index is 12.2. The Morgan fingerprint density at radius 3 is 3.15 bits per heavy atom. The first-order valence-electron chi connectivity index (χ1n) is 7.25. The molecule has 6 heteroatoms. The fourth-order valence-corrected chi connectivity index (χ4v) is 3.15. The molecule has 110 valence electrons. The van der Waals surface area contributed by atoms with Crippen molar-refractivity contribution in [2.24, 2.45) is 0 Å². The fourth-order valence-electron chi connectivity index (χ4n) is 3.15. The van der Waals surface area contributed by atoms with E-state index in [9.17, 15) is 9.90 Å². The number of aromatic nitrogens is 2. The number of β-amino-alcohol motifs (C(OH)–C–C–N with tert-alkyl or cyclic N) is 1. The van der Waals surface area contributed by atoms with Gasteiger partial charge in [-0.15, -0.1) is 0 Å². The van der Waals surface area contributed by atoms with Crippen LogP contribution in [0.5, 0.6) is 0 Å². The number of hydrogen-bond acceptors (Lipinski definition) is 4. The van der Waals surface area contributed by atoms with Crippen LogP contribution in [0.1, 0.15) is 25.7 Å². The van der Waals surface area contributed by atoms with Gasteiger partial charge in [0.15, 0.2) is 0 Å². The van der Waals surface area contributed by atoms with Crippen LogP contribution in [-0.4, -0.2) is 56.9 Å². The molecule has 0 aliphatic carbocycles. The summed E-state index contributed by atoms with van der Waals surface area (Å²) in [6, 6.07) is 0. The average molecular weight is 279 g/mol. The van der Waals surface area contributed by atoms with Crippen LogP contribution in [0, 0.1) is 0 Å². The predicted octanol–water partition coefficient (Wildman–Crippen LogP) is 0.416. The molecule has 2 aliphatic heterocycles.